The molecular weight excluding hydrogens is 274 g/mol. The van der Waals surface area contributed by atoms with Gasteiger partial charge in [-0.05, 0) is 24.6 Å². The van der Waals surface area contributed by atoms with E-state index >= 15 is 0 Å². The maximum absolute atomic E-state index is 12.3. The molecule has 1 amide bonds. The lowest BCUT2D eigenvalue weighted by atomic mass is 10.1. The lowest BCUT2D eigenvalue weighted by Crippen LogP contribution is -2.42. The number of thioether (sulfide) groups is 1. The number of carbonyl (C=O) groups is 2. The minimum Gasteiger partial charge on any atom is -0.480 e. The molecule has 4 nitrogen and oxygen atoms in total. The maximum Gasteiger partial charge on any atom is 0.327 e. The fourth-order valence-corrected chi connectivity index (χ4v) is 3.14. The Bertz CT molecular complexity index is 506. The Hall–Kier alpha value is -1.20. The fraction of sp³-hybridized carbons (Fsp3) is 0.333. The summed E-state index contributed by atoms with van der Waals surface area (Å²) in [6, 6.07) is 4.30. The number of hydrogen-bond acceptors (Lipinski definition) is 3. The predicted molar refractivity (Wildman–Crippen MR) is 71.1 cm³/mol. The van der Waals surface area contributed by atoms with Crippen molar-refractivity contribution in [3.8, 4) is 0 Å². The van der Waals surface area contributed by atoms with Gasteiger partial charge < -0.3 is 10.0 Å². The zero-order valence-corrected chi connectivity index (χ0v) is 11.3. The first-order valence-corrected chi connectivity index (χ1v) is 6.91. The molecule has 1 N–H and O–H groups in total. The summed E-state index contributed by atoms with van der Waals surface area (Å²) in [5, 5.41) is 9.54. The highest BCUT2D eigenvalue weighted by Gasteiger charge is 2.35. The van der Waals surface area contributed by atoms with Gasteiger partial charge in [-0.25, -0.2) is 4.79 Å². The number of benzene rings is 1. The third kappa shape index (κ3) is 2.47. The van der Waals surface area contributed by atoms with Gasteiger partial charge in [-0.2, -0.15) is 0 Å². The molecule has 1 heterocycles. The molecule has 0 aliphatic carbocycles. The minimum absolute atomic E-state index is 0.271. The summed E-state index contributed by atoms with van der Waals surface area (Å²) in [5.74, 6) is -0.400. The Morgan fingerprint density at radius 1 is 1.50 bits per heavy atom. The number of hydrogen-bond donors (Lipinski definition) is 1. The van der Waals surface area contributed by atoms with E-state index in [1.54, 1.807) is 18.2 Å². The van der Waals surface area contributed by atoms with Crippen molar-refractivity contribution >= 4 is 35.2 Å². The molecule has 1 unspecified atom stereocenters. The monoisotopic (exact) mass is 285 g/mol. The van der Waals surface area contributed by atoms with Gasteiger partial charge in [0, 0.05) is 16.3 Å². The molecule has 1 aliphatic heterocycles. The Labute approximate surface area is 114 Å². The van der Waals surface area contributed by atoms with E-state index in [1.165, 1.54) is 16.7 Å². The average Bonchev–Trinajstić information content (AvgIpc) is 2.80. The quantitative estimate of drug-likeness (QED) is 0.905. The number of amides is 1. The van der Waals surface area contributed by atoms with Gasteiger partial charge in [-0.15, -0.1) is 11.8 Å². The molecule has 1 saturated heterocycles. The normalized spacial score (nSPS) is 19.0. The van der Waals surface area contributed by atoms with Crippen LogP contribution in [-0.4, -0.2) is 39.6 Å². The van der Waals surface area contributed by atoms with E-state index in [1.807, 2.05) is 6.92 Å². The second-order valence-electron chi connectivity index (χ2n) is 4.09. The third-order valence-corrected chi connectivity index (χ3v) is 4.11. The second kappa shape index (κ2) is 5.20. The molecule has 1 aromatic rings. The van der Waals surface area contributed by atoms with Gasteiger partial charge in [0.25, 0.3) is 5.91 Å². The average molecular weight is 286 g/mol. The molecule has 0 radical (unpaired) electrons. The van der Waals surface area contributed by atoms with Gasteiger partial charge in [-0.3, -0.25) is 4.79 Å². The highest BCUT2D eigenvalue weighted by molar-refractivity contribution is 7.99. The van der Waals surface area contributed by atoms with Gasteiger partial charge in [0.05, 0.1) is 5.88 Å². The van der Waals surface area contributed by atoms with Crippen LogP contribution in [0.5, 0.6) is 0 Å². The SMILES string of the molecule is Cc1ccc(Cl)cc1C(=O)N1CSCC1C(=O)O. The minimum atomic E-state index is -0.965. The van der Waals surface area contributed by atoms with Crippen LogP contribution in [0.1, 0.15) is 15.9 Å². The number of aryl methyl sites for hydroxylation is 1. The van der Waals surface area contributed by atoms with E-state index < -0.39 is 12.0 Å². The number of aliphatic carboxylic acids is 1. The van der Waals surface area contributed by atoms with Gasteiger partial charge in [-0.1, -0.05) is 17.7 Å². The van der Waals surface area contributed by atoms with Crippen LogP contribution in [0.15, 0.2) is 18.2 Å². The molecule has 1 atom stereocenters. The van der Waals surface area contributed by atoms with Gasteiger partial charge >= 0.3 is 5.97 Å². The van der Waals surface area contributed by atoms with Crippen molar-refractivity contribution in [1.82, 2.24) is 4.90 Å². The first-order valence-electron chi connectivity index (χ1n) is 5.38. The second-order valence-corrected chi connectivity index (χ2v) is 5.52. The summed E-state index contributed by atoms with van der Waals surface area (Å²) in [6.07, 6.45) is 0. The van der Waals surface area contributed by atoms with Crippen LogP contribution in [0, 0.1) is 6.92 Å². The van der Waals surface area contributed by atoms with Gasteiger partial charge in [0.15, 0.2) is 0 Å². The highest BCUT2D eigenvalue weighted by Crippen LogP contribution is 2.25. The molecule has 18 heavy (non-hydrogen) atoms. The summed E-state index contributed by atoms with van der Waals surface area (Å²) in [7, 11) is 0. The number of carbonyl (C=O) groups excluding carboxylic acids is 1. The van der Waals surface area contributed by atoms with Crippen LogP contribution in [0.25, 0.3) is 0 Å². The number of nitrogens with zero attached hydrogens (tertiary/aromatic N) is 1. The van der Waals surface area contributed by atoms with Crippen LogP contribution in [-0.2, 0) is 4.79 Å². The molecule has 0 aromatic heterocycles. The molecule has 0 saturated carbocycles. The highest BCUT2D eigenvalue weighted by atomic mass is 35.5. The standard InChI is InChI=1S/C12H12ClNO3S/c1-7-2-3-8(13)4-9(7)11(15)14-6-18-5-10(14)12(16)17/h2-4,10H,5-6H2,1H3,(H,16,17). The van der Waals surface area contributed by atoms with E-state index in [9.17, 15) is 9.59 Å². The topological polar surface area (TPSA) is 57.6 Å². The molecule has 1 fully saturated rings. The van der Waals surface area contributed by atoms with Crippen LogP contribution in [0.3, 0.4) is 0 Å². The number of halogens is 1. The Morgan fingerprint density at radius 2 is 2.22 bits per heavy atom. The Kier molecular flexibility index (Phi) is 3.82. The lowest BCUT2D eigenvalue weighted by molar-refractivity contribution is -0.140. The van der Waals surface area contributed by atoms with Crippen molar-refractivity contribution in [1.29, 1.82) is 0 Å². The number of carboxylic acids is 1. The molecule has 1 aromatic carbocycles. The molecule has 0 spiro atoms. The lowest BCUT2D eigenvalue weighted by Gasteiger charge is -2.21. The van der Waals surface area contributed by atoms with Gasteiger partial charge in [0.1, 0.15) is 6.04 Å². The van der Waals surface area contributed by atoms with E-state index in [2.05, 4.69) is 0 Å². The zero-order chi connectivity index (χ0) is 13.3. The van der Waals surface area contributed by atoms with Crippen LogP contribution in [0.4, 0.5) is 0 Å². The summed E-state index contributed by atoms with van der Waals surface area (Å²) >= 11 is 7.32. The zero-order valence-electron chi connectivity index (χ0n) is 9.72. The summed E-state index contributed by atoms with van der Waals surface area (Å²) in [4.78, 5) is 24.8. The molecule has 2 rings (SSSR count). The van der Waals surface area contributed by atoms with E-state index in [0.717, 1.165) is 5.56 Å². The van der Waals surface area contributed by atoms with E-state index in [4.69, 9.17) is 16.7 Å². The van der Waals surface area contributed by atoms with E-state index in [-0.39, 0.29) is 5.91 Å². The smallest absolute Gasteiger partial charge is 0.327 e. The van der Waals surface area contributed by atoms with Crippen LogP contribution >= 0.6 is 23.4 Å². The first kappa shape index (κ1) is 13.2. The van der Waals surface area contributed by atoms with Gasteiger partial charge in [0.2, 0.25) is 0 Å². The van der Waals surface area contributed by atoms with Crippen LogP contribution in [0.2, 0.25) is 5.02 Å². The number of rotatable bonds is 2. The van der Waals surface area contributed by atoms with Crippen molar-refractivity contribution in [3.05, 3.63) is 34.3 Å². The van der Waals surface area contributed by atoms with Crippen molar-refractivity contribution < 1.29 is 14.7 Å². The maximum atomic E-state index is 12.3. The van der Waals surface area contributed by atoms with Crippen molar-refractivity contribution in [2.75, 3.05) is 11.6 Å². The Morgan fingerprint density at radius 3 is 2.89 bits per heavy atom. The number of carboxylic acid groups (broad SMARTS) is 1. The molecule has 1 aliphatic rings. The van der Waals surface area contributed by atoms with Crippen molar-refractivity contribution in [2.24, 2.45) is 0 Å². The van der Waals surface area contributed by atoms with Crippen LogP contribution < -0.4 is 0 Å². The molecule has 0 bridgehead atoms. The molecule has 96 valence electrons. The Balaban J connectivity index is 2.31. The summed E-state index contributed by atoms with van der Waals surface area (Å²) in [5.41, 5.74) is 1.27. The third-order valence-electron chi connectivity index (χ3n) is 2.86. The predicted octanol–water partition coefficient (Wildman–Crippen LogP) is 2.25. The van der Waals surface area contributed by atoms with E-state index in [0.29, 0.717) is 22.2 Å². The largest absolute Gasteiger partial charge is 0.480 e. The first-order chi connectivity index (χ1) is 8.50. The van der Waals surface area contributed by atoms with Crippen molar-refractivity contribution in [3.63, 3.8) is 0 Å². The molecule has 6 heteroatoms. The fourth-order valence-electron chi connectivity index (χ4n) is 1.83. The molecular formula is C12H12ClNO3S. The van der Waals surface area contributed by atoms with Crippen molar-refractivity contribution in [2.45, 2.75) is 13.0 Å². The summed E-state index contributed by atoms with van der Waals surface area (Å²) < 4.78 is 0. The summed E-state index contributed by atoms with van der Waals surface area (Å²) in [6.45, 7) is 1.81.